The van der Waals surface area contributed by atoms with E-state index in [0.717, 1.165) is 48.3 Å². The third kappa shape index (κ3) is 30.8. The first kappa shape index (κ1) is 59.7. The van der Waals surface area contributed by atoms with E-state index in [2.05, 4.69) is 13.8 Å². The molecule has 2 heterocycles. The van der Waals surface area contributed by atoms with Crippen molar-refractivity contribution in [2.45, 2.75) is 335 Å². The molecule has 0 aromatic rings. The zero-order chi connectivity index (χ0) is 47.6. The molecule has 0 bridgehead atoms. The van der Waals surface area contributed by atoms with Gasteiger partial charge in [-0.3, -0.25) is 19.2 Å². The number of carbonyl (C=O) groups excluding carboxylic acids is 5. The smallest absolute Gasteiger partial charge is 0.410 e. The van der Waals surface area contributed by atoms with Crippen LogP contribution in [0.2, 0.25) is 0 Å². The highest BCUT2D eigenvalue weighted by Gasteiger charge is 2.40. The predicted octanol–water partition coefficient (Wildman–Crippen LogP) is 17.3. The Bertz CT molecular complexity index is 1100. The Labute approximate surface area is 406 Å². The summed E-state index contributed by atoms with van der Waals surface area (Å²) in [5, 5.41) is 0. The first-order valence-corrected chi connectivity index (χ1v) is 29.0. The number of ether oxygens (including phenoxy) is 2. The predicted molar refractivity (Wildman–Crippen MR) is 272 cm³/mol. The minimum atomic E-state index is -1.05. The van der Waals surface area contributed by atoms with Crippen molar-refractivity contribution in [2.24, 2.45) is 0 Å². The Hall–Kier alpha value is -2.45. The van der Waals surface area contributed by atoms with Gasteiger partial charge in [0.1, 0.15) is 0 Å². The van der Waals surface area contributed by atoms with Crippen LogP contribution in [0, 0.1) is 0 Å². The molecule has 0 radical (unpaired) electrons. The van der Waals surface area contributed by atoms with Gasteiger partial charge in [0.15, 0.2) is 12.5 Å². The standard InChI is InChI=1S/C57H104N2O7/c1-3-5-7-9-11-13-15-17-19-21-23-25-27-29-31-33-35-37-39-41-43-45-55(58-51(60)47-48-52(58)61)65-57(64)66-56(59-53(62)49-50-54(59)63)46-44-42-40-38-36-34-32-30-28-26-24-22-20-18-16-14-12-10-8-6-4-2/h55-56H,3-50H2,1-2H3. The van der Waals surface area contributed by atoms with Crippen LogP contribution < -0.4 is 0 Å². The second-order valence-corrected chi connectivity index (χ2v) is 20.4. The summed E-state index contributed by atoms with van der Waals surface area (Å²) < 4.78 is 11.4. The molecule has 2 aliphatic heterocycles. The molecule has 0 spiro atoms. The lowest BCUT2D eigenvalue weighted by molar-refractivity contribution is -0.156. The lowest BCUT2D eigenvalue weighted by atomic mass is 10.0. The van der Waals surface area contributed by atoms with Gasteiger partial charge in [0.2, 0.25) is 23.6 Å². The highest BCUT2D eigenvalue weighted by Crippen LogP contribution is 2.25. The molecule has 66 heavy (non-hydrogen) atoms. The summed E-state index contributed by atoms with van der Waals surface area (Å²) in [4.78, 5) is 66.4. The Morgan fingerprint density at radius 3 is 0.667 bits per heavy atom. The van der Waals surface area contributed by atoms with Crippen molar-refractivity contribution in [1.82, 2.24) is 9.80 Å². The number of imide groups is 2. The molecule has 0 N–H and O–H groups in total. The second kappa shape index (κ2) is 42.6. The fourth-order valence-corrected chi connectivity index (χ4v) is 10.1. The van der Waals surface area contributed by atoms with Crippen molar-refractivity contribution < 1.29 is 33.4 Å². The average molecular weight is 929 g/mol. The summed E-state index contributed by atoms with van der Waals surface area (Å²) in [6, 6.07) is 0. The zero-order valence-corrected chi connectivity index (χ0v) is 43.3. The van der Waals surface area contributed by atoms with Gasteiger partial charge < -0.3 is 9.47 Å². The van der Waals surface area contributed by atoms with Crippen molar-refractivity contribution in [1.29, 1.82) is 0 Å². The van der Waals surface area contributed by atoms with E-state index in [4.69, 9.17) is 9.47 Å². The van der Waals surface area contributed by atoms with E-state index in [1.807, 2.05) is 0 Å². The number of carbonyl (C=O) groups is 5. The van der Waals surface area contributed by atoms with Crippen LogP contribution in [0.15, 0.2) is 0 Å². The lowest BCUT2D eigenvalue weighted by Gasteiger charge is -2.29. The number of nitrogens with zero attached hydrogens (tertiary/aromatic N) is 2. The van der Waals surface area contributed by atoms with Crippen LogP contribution >= 0.6 is 0 Å². The lowest BCUT2D eigenvalue weighted by Crippen LogP contribution is -2.45. The maximum atomic E-state index is 13.3. The van der Waals surface area contributed by atoms with Gasteiger partial charge in [-0.25, -0.2) is 14.6 Å². The largest absolute Gasteiger partial charge is 0.512 e. The molecule has 9 heteroatoms. The summed E-state index contributed by atoms with van der Waals surface area (Å²) in [6.07, 6.45) is 52.1. The molecule has 0 saturated carbocycles. The number of likely N-dealkylation sites (tertiary alicyclic amines) is 2. The van der Waals surface area contributed by atoms with E-state index >= 15 is 0 Å². The van der Waals surface area contributed by atoms with Gasteiger partial charge in [-0.1, -0.05) is 271 Å². The van der Waals surface area contributed by atoms with Gasteiger partial charge >= 0.3 is 6.16 Å². The van der Waals surface area contributed by atoms with Crippen LogP contribution in [0.4, 0.5) is 4.79 Å². The maximum absolute atomic E-state index is 13.3. The first-order chi connectivity index (χ1) is 32.4. The summed E-state index contributed by atoms with van der Waals surface area (Å²) in [6.45, 7) is 4.56. The fraction of sp³-hybridized carbons (Fsp3) is 0.912. The summed E-state index contributed by atoms with van der Waals surface area (Å²) >= 11 is 0. The molecule has 0 aromatic carbocycles. The van der Waals surface area contributed by atoms with Crippen molar-refractivity contribution >= 4 is 29.8 Å². The minimum absolute atomic E-state index is 0.103. The Morgan fingerprint density at radius 2 is 0.485 bits per heavy atom. The van der Waals surface area contributed by atoms with Gasteiger partial charge in [0.25, 0.3) is 0 Å². The molecule has 384 valence electrons. The van der Waals surface area contributed by atoms with Crippen LogP contribution in [0.25, 0.3) is 0 Å². The zero-order valence-electron chi connectivity index (χ0n) is 43.3. The average Bonchev–Trinajstić information content (AvgIpc) is 3.83. The van der Waals surface area contributed by atoms with Crippen molar-refractivity contribution in [3.8, 4) is 0 Å². The molecular formula is C57H104N2O7. The van der Waals surface area contributed by atoms with Crippen molar-refractivity contribution in [3.63, 3.8) is 0 Å². The highest BCUT2D eigenvalue weighted by molar-refractivity contribution is 6.03. The number of hydrogen-bond acceptors (Lipinski definition) is 7. The third-order valence-corrected chi connectivity index (χ3v) is 14.3. The summed E-state index contributed by atoms with van der Waals surface area (Å²) in [5.41, 5.74) is 0. The van der Waals surface area contributed by atoms with Crippen molar-refractivity contribution in [2.75, 3.05) is 0 Å². The third-order valence-electron chi connectivity index (χ3n) is 14.3. The quantitative estimate of drug-likeness (QED) is 0.0339. The van der Waals surface area contributed by atoms with Crippen LogP contribution in [-0.2, 0) is 28.7 Å². The molecule has 0 aromatic heterocycles. The number of rotatable bonds is 48. The van der Waals surface area contributed by atoms with Gasteiger partial charge in [0.05, 0.1) is 0 Å². The SMILES string of the molecule is CCCCCCCCCCCCCCCCCCCCCCCC(OC(=O)OC(CCCCCCCCCCCCCCCCCCCCCCC)N1C(=O)CCC1=O)N1C(=O)CCC1=O. The van der Waals surface area contributed by atoms with E-state index in [-0.39, 0.29) is 49.3 Å². The molecule has 2 atom stereocenters. The van der Waals surface area contributed by atoms with Gasteiger partial charge in [-0.05, 0) is 12.8 Å². The molecule has 9 nitrogen and oxygen atoms in total. The van der Waals surface area contributed by atoms with Crippen LogP contribution in [0.1, 0.15) is 322 Å². The Kier molecular flexibility index (Phi) is 38.5. The van der Waals surface area contributed by atoms with Crippen LogP contribution in [-0.4, -0.2) is 52.0 Å². The van der Waals surface area contributed by atoms with Crippen LogP contribution in [0.5, 0.6) is 0 Å². The topological polar surface area (TPSA) is 110 Å². The molecule has 4 amide bonds. The molecular weight excluding hydrogens is 825 g/mol. The van der Waals surface area contributed by atoms with E-state index in [1.165, 1.54) is 218 Å². The summed E-state index contributed by atoms with van der Waals surface area (Å²) in [5.74, 6) is -1.38. The molecule has 2 unspecified atom stereocenters. The Morgan fingerprint density at radius 1 is 0.318 bits per heavy atom. The van der Waals surface area contributed by atoms with Crippen LogP contribution in [0.3, 0.4) is 0 Å². The number of amides is 4. The van der Waals surface area contributed by atoms with Crippen molar-refractivity contribution in [3.05, 3.63) is 0 Å². The number of unbranched alkanes of at least 4 members (excludes halogenated alkanes) is 40. The normalized spacial score (nSPS) is 15.1. The molecule has 2 fully saturated rings. The monoisotopic (exact) mass is 929 g/mol. The van der Waals surface area contributed by atoms with E-state index in [9.17, 15) is 24.0 Å². The molecule has 2 rings (SSSR count). The highest BCUT2D eigenvalue weighted by atomic mass is 16.7. The second-order valence-electron chi connectivity index (χ2n) is 20.4. The minimum Gasteiger partial charge on any atom is -0.410 e. The first-order valence-electron chi connectivity index (χ1n) is 29.0. The molecule has 0 aliphatic carbocycles. The Balaban J connectivity index is 1.57. The molecule has 2 aliphatic rings. The van der Waals surface area contributed by atoms with E-state index in [1.54, 1.807) is 0 Å². The van der Waals surface area contributed by atoms with E-state index < -0.39 is 18.6 Å². The maximum Gasteiger partial charge on any atom is 0.512 e. The molecule has 2 saturated heterocycles. The number of hydrogen-bond donors (Lipinski definition) is 0. The van der Waals surface area contributed by atoms with Gasteiger partial charge in [-0.2, -0.15) is 0 Å². The van der Waals surface area contributed by atoms with Gasteiger partial charge in [0, 0.05) is 38.5 Å². The van der Waals surface area contributed by atoms with E-state index in [0.29, 0.717) is 25.7 Å². The van der Waals surface area contributed by atoms with Gasteiger partial charge in [-0.15, -0.1) is 0 Å². The summed E-state index contributed by atoms with van der Waals surface area (Å²) in [7, 11) is 0. The fourth-order valence-electron chi connectivity index (χ4n) is 10.1.